The van der Waals surface area contributed by atoms with Gasteiger partial charge in [0.15, 0.2) is 0 Å². The first-order valence-electron chi connectivity index (χ1n) is 11.4. The van der Waals surface area contributed by atoms with Gasteiger partial charge < -0.3 is 4.74 Å². The Labute approximate surface area is 171 Å². The van der Waals surface area contributed by atoms with E-state index in [1.807, 2.05) is 6.92 Å². The second-order valence-corrected chi connectivity index (χ2v) is 8.47. The summed E-state index contributed by atoms with van der Waals surface area (Å²) in [6, 6.07) is 8.72. The number of hydrogen-bond acceptors (Lipinski definition) is 3. The highest BCUT2D eigenvalue weighted by molar-refractivity contribution is 5.77. The molecule has 3 rings (SSSR count). The van der Waals surface area contributed by atoms with Crippen molar-refractivity contribution in [3.8, 4) is 5.75 Å². The van der Waals surface area contributed by atoms with Crippen LogP contribution in [0.3, 0.4) is 0 Å². The Morgan fingerprint density at radius 2 is 1.86 bits per heavy atom. The molecule has 0 unspecified atom stereocenters. The van der Waals surface area contributed by atoms with Crippen molar-refractivity contribution in [2.24, 2.45) is 5.92 Å². The Morgan fingerprint density at radius 1 is 1.11 bits per heavy atom. The summed E-state index contributed by atoms with van der Waals surface area (Å²) < 4.78 is 6.23. The van der Waals surface area contributed by atoms with Crippen molar-refractivity contribution < 1.29 is 9.53 Å². The van der Waals surface area contributed by atoms with Gasteiger partial charge in [-0.3, -0.25) is 9.69 Å². The van der Waals surface area contributed by atoms with Gasteiger partial charge in [0.2, 0.25) is 0 Å². The molecule has 1 saturated carbocycles. The van der Waals surface area contributed by atoms with Crippen LogP contribution in [0.15, 0.2) is 30.3 Å². The lowest BCUT2D eigenvalue weighted by Crippen LogP contribution is -2.29. The molecule has 1 heterocycles. The maximum absolute atomic E-state index is 11.4. The van der Waals surface area contributed by atoms with E-state index in [0.717, 1.165) is 50.6 Å². The molecule has 3 nitrogen and oxygen atoms in total. The van der Waals surface area contributed by atoms with Gasteiger partial charge in [-0.05, 0) is 74.3 Å². The first-order valence-corrected chi connectivity index (χ1v) is 11.4. The van der Waals surface area contributed by atoms with Gasteiger partial charge in [-0.2, -0.15) is 0 Å². The van der Waals surface area contributed by atoms with Gasteiger partial charge in [0.25, 0.3) is 0 Å². The third-order valence-corrected chi connectivity index (χ3v) is 6.52. The van der Waals surface area contributed by atoms with Crippen LogP contribution in [0.25, 0.3) is 5.57 Å². The Kier molecular flexibility index (Phi) is 8.14. The van der Waals surface area contributed by atoms with Gasteiger partial charge in [0, 0.05) is 25.9 Å². The number of benzene rings is 1. The molecule has 1 aromatic rings. The van der Waals surface area contributed by atoms with Crippen LogP contribution < -0.4 is 4.74 Å². The minimum atomic E-state index is 0.383. The zero-order valence-corrected chi connectivity index (χ0v) is 17.8. The van der Waals surface area contributed by atoms with Gasteiger partial charge in [0.1, 0.15) is 11.5 Å². The van der Waals surface area contributed by atoms with E-state index in [4.69, 9.17) is 4.74 Å². The Morgan fingerprint density at radius 3 is 2.46 bits per heavy atom. The van der Waals surface area contributed by atoms with Gasteiger partial charge in [-0.25, -0.2) is 0 Å². The summed E-state index contributed by atoms with van der Waals surface area (Å²) in [5.74, 6) is 2.31. The average molecular weight is 384 g/mol. The monoisotopic (exact) mass is 383 g/mol. The van der Waals surface area contributed by atoms with Crippen molar-refractivity contribution in [3.05, 3.63) is 35.9 Å². The number of ether oxygens (including phenoxy) is 1. The first-order chi connectivity index (χ1) is 13.7. The normalized spacial score (nSPS) is 23.3. The fourth-order valence-corrected chi connectivity index (χ4v) is 4.45. The number of carbonyl (C=O) groups excluding carboxylic acids is 1. The fourth-order valence-electron chi connectivity index (χ4n) is 4.45. The standard InChI is InChI=1S/C25H37NO2/c1-3-20-7-11-24(12-8-20)28-25-13-9-21(10-14-25)22-15-18-26(19-16-22)17-5-6-23(27)4-2/h9-10,13-15,20,24H,3-8,11-12,16-19H2,1-2H3. The van der Waals surface area contributed by atoms with Gasteiger partial charge in [0.05, 0.1) is 6.10 Å². The molecule has 28 heavy (non-hydrogen) atoms. The molecular formula is C25H37NO2. The Balaban J connectivity index is 1.44. The number of hydrogen-bond donors (Lipinski definition) is 0. The van der Waals surface area contributed by atoms with E-state index in [1.54, 1.807) is 0 Å². The van der Waals surface area contributed by atoms with Crippen LogP contribution in [-0.4, -0.2) is 36.4 Å². The van der Waals surface area contributed by atoms with E-state index < -0.39 is 0 Å². The molecule has 0 atom stereocenters. The van der Waals surface area contributed by atoms with E-state index in [9.17, 15) is 4.79 Å². The summed E-state index contributed by atoms with van der Waals surface area (Å²) >= 11 is 0. The third kappa shape index (κ3) is 6.20. The van der Waals surface area contributed by atoms with Gasteiger partial charge >= 0.3 is 0 Å². The number of Topliss-reactive ketones (excluding diaryl/α,β-unsaturated/α-hetero) is 1. The molecule has 3 heteroatoms. The maximum Gasteiger partial charge on any atom is 0.132 e. The zero-order valence-electron chi connectivity index (χ0n) is 17.8. The smallest absolute Gasteiger partial charge is 0.132 e. The summed E-state index contributed by atoms with van der Waals surface area (Å²) in [7, 11) is 0. The Hall–Kier alpha value is -1.61. The summed E-state index contributed by atoms with van der Waals surface area (Å²) in [6.45, 7) is 7.37. The van der Waals surface area contributed by atoms with E-state index in [2.05, 4.69) is 42.2 Å². The van der Waals surface area contributed by atoms with Crippen molar-refractivity contribution in [1.29, 1.82) is 0 Å². The summed E-state index contributed by atoms with van der Waals surface area (Å²) in [4.78, 5) is 13.9. The average Bonchev–Trinajstić information content (AvgIpc) is 2.75. The highest BCUT2D eigenvalue weighted by Crippen LogP contribution is 2.30. The highest BCUT2D eigenvalue weighted by Gasteiger charge is 2.21. The fraction of sp³-hybridized carbons (Fsp3) is 0.640. The van der Waals surface area contributed by atoms with E-state index in [0.29, 0.717) is 18.3 Å². The van der Waals surface area contributed by atoms with Gasteiger partial charge in [-0.1, -0.05) is 38.5 Å². The topological polar surface area (TPSA) is 29.5 Å². The number of carbonyl (C=O) groups is 1. The predicted octanol–water partition coefficient (Wildman–Crippen LogP) is 5.88. The molecule has 0 saturated heterocycles. The van der Waals surface area contributed by atoms with Crippen LogP contribution in [0.4, 0.5) is 0 Å². The molecule has 2 aliphatic rings. The lowest BCUT2D eigenvalue weighted by Gasteiger charge is -2.28. The van der Waals surface area contributed by atoms with Crippen LogP contribution in [0.5, 0.6) is 5.75 Å². The minimum absolute atomic E-state index is 0.383. The highest BCUT2D eigenvalue weighted by atomic mass is 16.5. The molecule has 1 aliphatic heterocycles. The second-order valence-electron chi connectivity index (χ2n) is 8.47. The zero-order chi connectivity index (χ0) is 19.8. The predicted molar refractivity (Wildman–Crippen MR) is 117 cm³/mol. The molecule has 0 bridgehead atoms. The molecule has 0 spiro atoms. The molecule has 0 N–H and O–H groups in total. The maximum atomic E-state index is 11.4. The molecule has 0 amide bonds. The van der Waals surface area contributed by atoms with Crippen molar-refractivity contribution >= 4 is 11.4 Å². The number of ketones is 1. The lowest BCUT2D eigenvalue weighted by atomic mass is 9.86. The van der Waals surface area contributed by atoms with E-state index in [-0.39, 0.29) is 0 Å². The van der Waals surface area contributed by atoms with E-state index >= 15 is 0 Å². The molecular weight excluding hydrogens is 346 g/mol. The van der Waals surface area contributed by atoms with Crippen molar-refractivity contribution in [2.45, 2.75) is 77.7 Å². The van der Waals surface area contributed by atoms with Crippen LogP contribution in [0, 0.1) is 5.92 Å². The third-order valence-electron chi connectivity index (χ3n) is 6.52. The van der Waals surface area contributed by atoms with Crippen LogP contribution in [0.2, 0.25) is 0 Å². The quantitative estimate of drug-likeness (QED) is 0.533. The van der Waals surface area contributed by atoms with Crippen molar-refractivity contribution in [1.82, 2.24) is 4.90 Å². The first kappa shape index (κ1) is 21.1. The Bertz CT molecular complexity index is 641. The lowest BCUT2D eigenvalue weighted by molar-refractivity contribution is -0.118. The van der Waals surface area contributed by atoms with Crippen LogP contribution in [0.1, 0.15) is 77.2 Å². The van der Waals surface area contributed by atoms with Crippen molar-refractivity contribution in [3.63, 3.8) is 0 Å². The number of rotatable bonds is 9. The molecule has 0 aromatic heterocycles. The molecule has 1 aliphatic carbocycles. The largest absolute Gasteiger partial charge is 0.490 e. The summed E-state index contributed by atoms with van der Waals surface area (Å²) in [6.07, 6.45) is 12.6. The molecule has 0 radical (unpaired) electrons. The number of nitrogens with zero attached hydrogens (tertiary/aromatic N) is 1. The summed E-state index contributed by atoms with van der Waals surface area (Å²) in [5.41, 5.74) is 2.76. The molecule has 1 aromatic carbocycles. The SMILES string of the molecule is CCC(=O)CCCN1CC=C(c2ccc(OC3CCC(CC)CC3)cc2)CC1. The second kappa shape index (κ2) is 10.8. The summed E-state index contributed by atoms with van der Waals surface area (Å²) in [5, 5.41) is 0. The van der Waals surface area contributed by atoms with Crippen molar-refractivity contribution in [2.75, 3.05) is 19.6 Å². The molecule has 154 valence electrons. The minimum Gasteiger partial charge on any atom is -0.490 e. The molecule has 1 fully saturated rings. The van der Waals surface area contributed by atoms with Crippen LogP contribution >= 0.6 is 0 Å². The van der Waals surface area contributed by atoms with E-state index in [1.165, 1.54) is 43.2 Å². The van der Waals surface area contributed by atoms with Crippen LogP contribution in [-0.2, 0) is 4.79 Å². The van der Waals surface area contributed by atoms with Gasteiger partial charge in [-0.15, -0.1) is 0 Å².